The van der Waals surface area contributed by atoms with Crippen molar-refractivity contribution in [2.75, 3.05) is 0 Å². The van der Waals surface area contributed by atoms with Crippen molar-refractivity contribution in [1.82, 2.24) is 0 Å². The van der Waals surface area contributed by atoms with E-state index < -0.39 is 0 Å². The van der Waals surface area contributed by atoms with Gasteiger partial charge in [0.25, 0.3) is 0 Å². The molecule has 0 aromatic rings. The van der Waals surface area contributed by atoms with Crippen LogP contribution in [0.25, 0.3) is 0 Å². The second-order valence-corrected chi connectivity index (χ2v) is 9.09. The zero-order chi connectivity index (χ0) is 15.3. The minimum atomic E-state index is -0.112. The summed E-state index contributed by atoms with van der Waals surface area (Å²) in [5.74, 6) is 3.27. The van der Waals surface area contributed by atoms with Crippen LogP contribution in [0.4, 0.5) is 0 Å². The van der Waals surface area contributed by atoms with Gasteiger partial charge in [0.15, 0.2) is 0 Å². The molecule has 1 aliphatic heterocycles. The molecule has 7 atom stereocenters. The quantitative estimate of drug-likeness (QED) is 0.645. The molecule has 3 nitrogen and oxygen atoms in total. The number of carbonyl (C=O) groups is 2. The van der Waals surface area contributed by atoms with E-state index in [1.165, 1.54) is 0 Å². The van der Waals surface area contributed by atoms with Crippen molar-refractivity contribution >= 4 is 11.6 Å². The van der Waals surface area contributed by atoms with Crippen molar-refractivity contribution in [3.05, 3.63) is 0 Å². The predicted molar refractivity (Wildman–Crippen MR) is 81.2 cm³/mol. The van der Waals surface area contributed by atoms with Gasteiger partial charge in [-0.1, -0.05) is 13.8 Å². The highest BCUT2D eigenvalue weighted by atomic mass is 16.6. The third-order valence-electron chi connectivity index (χ3n) is 8.31. The first-order valence-corrected chi connectivity index (χ1v) is 9.17. The lowest BCUT2D eigenvalue weighted by Gasteiger charge is -2.53. The summed E-state index contributed by atoms with van der Waals surface area (Å²) in [6.07, 6.45) is 7.39. The van der Waals surface area contributed by atoms with Gasteiger partial charge in [-0.3, -0.25) is 9.59 Å². The average molecular weight is 302 g/mol. The zero-order valence-corrected chi connectivity index (χ0v) is 13.7. The van der Waals surface area contributed by atoms with Crippen molar-refractivity contribution in [2.45, 2.75) is 76.4 Å². The second-order valence-electron chi connectivity index (χ2n) is 9.09. The van der Waals surface area contributed by atoms with Gasteiger partial charge in [-0.25, -0.2) is 0 Å². The fourth-order valence-electron chi connectivity index (χ4n) is 7.37. The molecule has 0 radical (unpaired) electrons. The number of fused-ring (bicyclic) bond motifs is 3. The molecule has 5 aliphatic rings. The summed E-state index contributed by atoms with van der Waals surface area (Å²) >= 11 is 0. The number of epoxide rings is 1. The number of ether oxygens (including phenoxy) is 1. The smallest absolute Gasteiger partial charge is 0.139 e. The van der Waals surface area contributed by atoms with E-state index in [2.05, 4.69) is 13.8 Å². The van der Waals surface area contributed by atoms with Gasteiger partial charge in [0.1, 0.15) is 22.8 Å². The Morgan fingerprint density at radius 2 is 1.91 bits per heavy atom. The average Bonchev–Trinajstić information content (AvgIpc) is 3.04. The van der Waals surface area contributed by atoms with Gasteiger partial charge in [0, 0.05) is 24.7 Å². The van der Waals surface area contributed by atoms with Crippen LogP contribution in [0, 0.1) is 29.1 Å². The molecule has 5 rings (SSSR count). The first-order valence-electron chi connectivity index (χ1n) is 9.17. The molecular weight excluding hydrogens is 276 g/mol. The molecule has 0 spiro atoms. The number of hydrogen-bond acceptors (Lipinski definition) is 3. The van der Waals surface area contributed by atoms with Crippen molar-refractivity contribution in [3.63, 3.8) is 0 Å². The van der Waals surface area contributed by atoms with E-state index in [0.29, 0.717) is 48.1 Å². The highest BCUT2D eigenvalue weighted by Gasteiger charge is 2.79. The maximum Gasteiger partial charge on any atom is 0.139 e. The van der Waals surface area contributed by atoms with Crippen molar-refractivity contribution in [2.24, 2.45) is 29.1 Å². The highest BCUT2D eigenvalue weighted by Crippen LogP contribution is 2.73. The molecule has 0 bridgehead atoms. The third kappa shape index (κ3) is 1.35. The van der Waals surface area contributed by atoms with E-state index in [1.807, 2.05) is 0 Å². The van der Waals surface area contributed by atoms with Crippen LogP contribution in [0.5, 0.6) is 0 Å². The molecule has 4 saturated carbocycles. The zero-order valence-electron chi connectivity index (χ0n) is 13.7. The lowest BCUT2D eigenvalue weighted by atomic mass is 9.48. The summed E-state index contributed by atoms with van der Waals surface area (Å²) < 4.78 is 6.43. The molecule has 120 valence electrons. The number of hydrogen-bond donors (Lipinski definition) is 0. The standard InChI is InChI=1S/C19H26O3/c1-11-9-18-10-12(20)5-8-19(18,22-18)14-6-7-17(2)13(16(11)14)3-4-15(17)21/h11,13-14,16H,3-10H2,1-2H3/t11-,13?,14?,16?,17+,18?,19?/m1/s1. The molecule has 0 aromatic heterocycles. The van der Waals surface area contributed by atoms with E-state index >= 15 is 0 Å². The summed E-state index contributed by atoms with van der Waals surface area (Å²) in [4.78, 5) is 24.4. The fourth-order valence-corrected chi connectivity index (χ4v) is 7.37. The number of ketones is 2. The van der Waals surface area contributed by atoms with Gasteiger partial charge in [-0.2, -0.15) is 0 Å². The molecule has 0 N–H and O–H groups in total. The largest absolute Gasteiger partial charge is 0.362 e. The predicted octanol–water partition coefficient (Wildman–Crippen LogP) is 3.30. The van der Waals surface area contributed by atoms with Gasteiger partial charge in [0.05, 0.1) is 0 Å². The summed E-state index contributed by atoms with van der Waals surface area (Å²) in [6, 6.07) is 0. The van der Waals surface area contributed by atoms with Gasteiger partial charge in [0.2, 0.25) is 0 Å². The van der Waals surface area contributed by atoms with Crippen LogP contribution in [-0.4, -0.2) is 22.8 Å². The Hall–Kier alpha value is -0.700. The molecule has 5 unspecified atom stereocenters. The van der Waals surface area contributed by atoms with Crippen LogP contribution >= 0.6 is 0 Å². The Morgan fingerprint density at radius 1 is 1.09 bits per heavy atom. The molecule has 0 aromatic carbocycles. The topological polar surface area (TPSA) is 46.7 Å². The van der Waals surface area contributed by atoms with E-state index in [9.17, 15) is 9.59 Å². The maximum absolute atomic E-state index is 12.5. The third-order valence-corrected chi connectivity index (χ3v) is 8.31. The summed E-state index contributed by atoms with van der Waals surface area (Å²) in [5.41, 5.74) is -0.171. The lowest BCUT2D eigenvalue weighted by molar-refractivity contribution is -0.133. The van der Waals surface area contributed by atoms with E-state index in [1.54, 1.807) is 0 Å². The Balaban J connectivity index is 1.54. The fraction of sp³-hybridized carbons (Fsp3) is 0.895. The molecule has 4 aliphatic carbocycles. The van der Waals surface area contributed by atoms with Crippen molar-refractivity contribution < 1.29 is 14.3 Å². The van der Waals surface area contributed by atoms with Crippen LogP contribution < -0.4 is 0 Å². The first kappa shape index (κ1) is 13.7. The van der Waals surface area contributed by atoms with E-state index in [-0.39, 0.29) is 16.6 Å². The lowest BCUT2D eigenvalue weighted by Crippen LogP contribution is -2.55. The number of carbonyl (C=O) groups excluding carboxylic acids is 2. The van der Waals surface area contributed by atoms with Crippen LogP contribution in [0.15, 0.2) is 0 Å². The summed E-state index contributed by atoms with van der Waals surface area (Å²) in [5, 5.41) is 0. The van der Waals surface area contributed by atoms with E-state index in [4.69, 9.17) is 4.74 Å². The Morgan fingerprint density at radius 3 is 2.73 bits per heavy atom. The van der Waals surface area contributed by atoms with Crippen molar-refractivity contribution in [3.8, 4) is 0 Å². The normalized spacial score (nSPS) is 59.4. The number of Topliss-reactive ketones (excluding diaryl/α,β-unsaturated/α-hetero) is 2. The highest BCUT2D eigenvalue weighted by molar-refractivity contribution is 5.87. The molecular formula is C19H26O3. The Labute approximate surface area is 132 Å². The summed E-state index contributed by atoms with van der Waals surface area (Å²) in [7, 11) is 0. The Kier molecular flexibility index (Phi) is 2.40. The van der Waals surface area contributed by atoms with Crippen LogP contribution in [0.3, 0.4) is 0 Å². The van der Waals surface area contributed by atoms with Crippen LogP contribution in [0.2, 0.25) is 0 Å². The van der Waals surface area contributed by atoms with Crippen molar-refractivity contribution in [1.29, 1.82) is 0 Å². The van der Waals surface area contributed by atoms with Gasteiger partial charge in [-0.05, 0) is 55.8 Å². The molecule has 1 heterocycles. The van der Waals surface area contributed by atoms with Crippen LogP contribution in [0.1, 0.15) is 65.2 Å². The molecule has 22 heavy (non-hydrogen) atoms. The minimum Gasteiger partial charge on any atom is -0.362 e. The minimum absolute atomic E-state index is 0.00501. The monoisotopic (exact) mass is 302 g/mol. The maximum atomic E-state index is 12.5. The molecule has 5 fully saturated rings. The molecule has 3 heteroatoms. The first-order chi connectivity index (χ1) is 10.4. The number of rotatable bonds is 0. The second kappa shape index (κ2) is 3.85. The summed E-state index contributed by atoms with van der Waals surface area (Å²) in [6.45, 7) is 4.58. The van der Waals surface area contributed by atoms with Gasteiger partial charge in [-0.15, -0.1) is 0 Å². The van der Waals surface area contributed by atoms with Gasteiger partial charge >= 0.3 is 0 Å². The van der Waals surface area contributed by atoms with E-state index in [0.717, 1.165) is 38.5 Å². The van der Waals surface area contributed by atoms with Crippen LogP contribution in [-0.2, 0) is 14.3 Å². The van der Waals surface area contributed by atoms with Gasteiger partial charge < -0.3 is 4.74 Å². The Bertz CT molecular complexity index is 583. The molecule has 1 saturated heterocycles. The molecule has 0 amide bonds. The SMILES string of the molecule is C[C@@H]1CC23CC(=O)CCC2(O3)C2CC[C@]3(C)C(=O)CCC3C21.